The van der Waals surface area contributed by atoms with Gasteiger partial charge >= 0.3 is 0 Å². The number of aryl methyl sites for hydroxylation is 1. The Kier molecular flexibility index (Phi) is 4.65. The molecule has 0 bridgehead atoms. The summed E-state index contributed by atoms with van der Waals surface area (Å²) in [5.41, 5.74) is 6.02. The van der Waals surface area contributed by atoms with Gasteiger partial charge in [0.15, 0.2) is 0 Å². The van der Waals surface area contributed by atoms with Gasteiger partial charge in [0.1, 0.15) is 11.6 Å². The van der Waals surface area contributed by atoms with Gasteiger partial charge in [0.25, 0.3) is 0 Å². The first-order valence-electron chi connectivity index (χ1n) is 9.30. The summed E-state index contributed by atoms with van der Waals surface area (Å²) < 4.78 is 7.61. The van der Waals surface area contributed by atoms with Gasteiger partial charge in [-0.2, -0.15) is 5.10 Å². The van der Waals surface area contributed by atoms with Crippen molar-refractivity contribution in [2.75, 3.05) is 19.0 Å². The first-order valence-corrected chi connectivity index (χ1v) is 9.30. The Balaban J connectivity index is 1.78. The second kappa shape index (κ2) is 7.24. The summed E-state index contributed by atoms with van der Waals surface area (Å²) in [4.78, 5) is 0. The summed E-state index contributed by atoms with van der Waals surface area (Å²) in [6, 6.07) is 16.8. The number of benzene rings is 2. The third-order valence-electron chi connectivity index (χ3n) is 5.04. The van der Waals surface area contributed by atoms with Gasteiger partial charge in [-0.15, -0.1) is 0 Å². The Morgan fingerprint density at radius 3 is 2.69 bits per heavy atom. The maximum atomic E-state index is 5.54. The molecule has 26 heavy (non-hydrogen) atoms. The maximum absolute atomic E-state index is 5.54. The number of fused-ring (bicyclic) bond motifs is 1. The molecule has 2 aromatic carbocycles. The molecule has 0 saturated carbocycles. The monoisotopic (exact) mass is 347 g/mol. The summed E-state index contributed by atoms with van der Waals surface area (Å²) in [6.45, 7) is 3.11. The van der Waals surface area contributed by atoms with Gasteiger partial charge in [-0.05, 0) is 44.4 Å². The molecule has 0 aliphatic carbocycles. The molecular weight excluding hydrogens is 322 g/mol. The molecule has 4 heteroatoms. The van der Waals surface area contributed by atoms with Crippen molar-refractivity contribution in [2.24, 2.45) is 0 Å². The van der Waals surface area contributed by atoms with Crippen LogP contribution in [0.1, 0.15) is 35.2 Å². The number of anilines is 1. The van der Waals surface area contributed by atoms with E-state index in [-0.39, 0.29) is 0 Å². The van der Waals surface area contributed by atoms with Crippen LogP contribution in [-0.4, -0.2) is 23.4 Å². The van der Waals surface area contributed by atoms with Crippen LogP contribution in [0.15, 0.2) is 48.5 Å². The van der Waals surface area contributed by atoms with E-state index in [1.807, 2.05) is 12.1 Å². The Bertz CT molecular complexity index is 896. The fourth-order valence-electron chi connectivity index (χ4n) is 3.62. The minimum absolute atomic E-state index is 0.785. The molecule has 0 unspecified atom stereocenters. The molecule has 2 heterocycles. The molecule has 0 atom stereocenters. The zero-order valence-electron chi connectivity index (χ0n) is 15.5. The van der Waals surface area contributed by atoms with Crippen LogP contribution >= 0.6 is 0 Å². The van der Waals surface area contributed by atoms with E-state index < -0.39 is 0 Å². The van der Waals surface area contributed by atoms with Gasteiger partial charge in [-0.3, -0.25) is 0 Å². The molecule has 134 valence electrons. The van der Waals surface area contributed by atoms with Crippen molar-refractivity contribution < 1.29 is 4.74 Å². The molecule has 1 N–H and O–H groups in total. The topological polar surface area (TPSA) is 39.1 Å². The van der Waals surface area contributed by atoms with E-state index in [0.29, 0.717) is 0 Å². The minimum atomic E-state index is 0.785. The molecule has 4 nitrogen and oxygen atoms in total. The molecular formula is C22H25N3O. The first kappa shape index (κ1) is 16.7. The molecule has 0 amide bonds. The van der Waals surface area contributed by atoms with Crippen LogP contribution in [-0.2, 0) is 12.8 Å². The lowest BCUT2D eigenvalue weighted by atomic mass is 10.0. The van der Waals surface area contributed by atoms with Crippen molar-refractivity contribution in [2.45, 2.75) is 32.6 Å². The van der Waals surface area contributed by atoms with E-state index in [1.54, 1.807) is 7.11 Å². The van der Waals surface area contributed by atoms with Crippen molar-refractivity contribution >= 4 is 5.82 Å². The van der Waals surface area contributed by atoms with Gasteiger partial charge in [-0.25, -0.2) is 4.68 Å². The van der Waals surface area contributed by atoms with Crippen molar-refractivity contribution in [3.63, 3.8) is 0 Å². The summed E-state index contributed by atoms with van der Waals surface area (Å²) >= 11 is 0. The number of nitrogens with zero attached hydrogens (tertiary/aromatic N) is 2. The highest BCUT2D eigenvalue weighted by Gasteiger charge is 2.21. The number of rotatable bonds is 4. The van der Waals surface area contributed by atoms with Crippen molar-refractivity contribution in [1.29, 1.82) is 0 Å². The van der Waals surface area contributed by atoms with Crippen molar-refractivity contribution in [3.05, 3.63) is 70.9 Å². The fourth-order valence-corrected chi connectivity index (χ4v) is 3.62. The molecule has 1 aliphatic rings. The lowest BCUT2D eigenvalue weighted by Gasteiger charge is -2.09. The normalized spacial score (nSPS) is 13.6. The van der Waals surface area contributed by atoms with Crippen LogP contribution in [0.3, 0.4) is 0 Å². The second-order valence-corrected chi connectivity index (χ2v) is 6.89. The third-order valence-corrected chi connectivity index (χ3v) is 5.04. The average Bonchev–Trinajstić information content (AvgIpc) is 2.84. The zero-order valence-corrected chi connectivity index (χ0v) is 15.5. The zero-order chi connectivity index (χ0) is 17.9. The van der Waals surface area contributed by atoms with Crippen LogP contribution in [0.25, 0.3) is 5.69 Å². The predicted octanol–water partition coefficient (Wildman–Crippen LogP) is 4.53. The molecule has 1 aromatic heterocycles. The lowest BCUT2D eigenvalue weighted by Crippen LogP contribution is -2.07. The van der Waals surface area contributed by atoms with Gasteiger partial charge in [-0.1, -0.05) is 35.9 Å². The Morgan fingerprint density at radius 2 is 1.88 bits per heavy atom. The quantitative estimate of drug-likeness (QED) is 0.754. The van der Waals surface area contributed by atoms with E-state index in [1.165, 1.54) is 29.5 Å². The number of hydrogen-bond acceptors (Lipinski definition) is 3. The predicted molar refractivity (Wildman–Crippen MR) is 106 cm³/mol. The number of methoxy groups -OCH3 is 1. The summed E-state index contributed by atoms with van der Waals surface area (Å²) in [6.07, 6.45) is 4.24. The van der Waals surface area contributed by atoms with Crippen LogP contribution in [0, 0.1) is 6.92 Å². The van der Waals surface area contributed by atoms with E-state index in [4.69, 9.17) is 9.84 Å². The number of ether oxygens (including phenoxy) is 1. The molecule has 0 spiro atoms. The van der Waals surface area contributed by atoms with E-state index in [9.17, 15) is 0 Å². The standard InChI is InChI=1S/C22H25N3O/c1-16-10-12-18(13-11-16)25-22-19(8-5-6-14-23-22)20(24-25)15-17-7-3-4-9-21(17)26-2/h3-4,7,9-13,23H,5-6,8,14-15H2,1-2H3. The summed E-state index contributed by atoms with van der Waals surface area (Å²) in [5.74, 6) is 2.07. The van der Waals surface area contributed by atoms with E-state index in [0.717, 1.165) is 42.3 Å². The van der Waals surface area contributed by atoms with Gasteiger partial charge in [0.05, 0.1) is 18.5 Å². The third kappa shape index (κ3) is 3.19. The second-order valence-electron chi connectivity index (χ2n) is 6.89. The van der Waals surface area contributed by atoms with E-state index in [2.05, 4.69) is 53.3 Å². The summed E-state index contributed by atoms with van der Waals surface area (Å²) in [7, 11) is 1.73. The fraction of sp³-hybridized carbons (Fsp3) is 0.318. The largest absolute Gasteiger partial charge is 0.496 e. The Labute approximate surface area is 154 Å². The highest BCUT2D eigenvalue weighted by molar-refractivity contribution is 5.55. The van der Waals surface area contributed by atoms with E-state index >= 15 is 0 Å². The van der Waals surface area contributed by atoms with Gasteiger partial charge < -0.3 is 10.1 Å². The first-order chi connectivity index (χ1) is 12.8. The smallest absolute Gasteiger partial charge is 0.133 e. The number of aromatic nitrogens is 2. The molecule has 0 radical (unpaired) electrons. The lowest BCUT2D eigenvalue weighted by molar-refractivity contribution is 0.410. The highest BCUT2D eigenvalue weighted by atomic mass is 16.5. The number of hydrogen-bond donors (Lipinski definition) is 1. The van der Waals surface area contributed by atoms with Gasteiger partial charge in [0, 0.05) is 24.1 Å². The Hall–Kier alpha value is -2.75. The van der Waals surface area contributed by atoms with Crippen LogP contribution in [0.4, 0.5) is 5.82 Å². The number of para-hydroxylation sites is 1. The minimum Gasteiger partial charge on any atom is -0.496 e. The molecule has 0 fully saturated rings. The molecule has 3 aromatic rings. The molecule has 0 saturated heterocycles. The van der Waals surface area contributed by atoms with Crippen LogP contribution in [0.2, 0.25) is 0 Å². The van der Waals surface area contributed by atoms with Crippen LogP contribution < -0.4 is 10.1 Å². The summed E-state index contributed by atoms with van der Waals surface area (Å²) in [5, 5.41) is 8.61. The van der Waals surface area contributed by atoms with Crippen LogP contribution in [0.5, 0.6) is 5.75 Å². The molecule has 1 aliphatic heterocycles. The maximum Gasteiger partial charge on any atom is 0.133 e. The number of nitrogens with one attached hydrogen (secondary N) is 1. The van der Waals surface area contributed by atoms with Gasteiger partial charge in [0.2, 0.25) is 0 Å². The van der Waals surface area contributed by atoms with Crippen molar-refractivity contribution in [3.8, 4) is 11.4 Å². The highest BCUT2D eigenvalue weighted by Crippen LogP contribution is 2.31. The Morgan fingerprint density at radius 1 is 1.08 bits per heavy atom. The average molecular weight is 347 g/mol. The van der Waals surface area contributed by atoms with Crippen molar-refractivity contribution in [1.82, 2.24) is 9.78 Å². The SMILES string of the molecule is COc1ccccc1Cc1nn(-c2ccc(C)cc2)c2c1CCCCN2. The molecule has 4 rings (SSSR count).